The summed E-state index contributed by atoms with van der Waals surface area (Å²) in [6.45, 7) is 3.65. The molecule has 0 fully saturated rings. The highest BCUT2D eigenvalue weighted by Gasteiger charge is 2.38. The van der Waals surface area contributed by atoms with E-state index in [2.05, 4.69) is 10.3 Å². The maximum absolute atomic E-state index is 12.4. The minimum Gasteiger partial charge on any atom is -0.466 e. The number of methoxy groups -OCH3 is 1. The van der Waals surface area contributed by atoms with Crippen molar-refractivity contribution in [3.05, 3.63) is 52.8 Å². The molecule has 122 valence electrons. The Balaban J connectivity index is 2.62. The Labute approximate surface area is 134 Å². The van der Waals surface area contributed by atoms with Crippen LogP contribution in [0.5, 0.6) is 0 Å². The number of ether oxygens (including phenoxy) is 2. The molecule has 2 rings (SSSR count). The lowest BCUT2D eigenvalue weighted by Gasteiger charge is -2.29. The van der Waals surface area contributed by atoms with Crippen LogP contribution in [-0.2, 0) is 19.1 Å². The maximum Gasteiger partial charge on any atom is 0.338 e. The summed E-state index contributed by atoms with van der Waals surface area (Å²) in [5.41, 5.74) is 7.63. The minimum atomic E-state index is -0.698. The first-order valence-electron chi connectivity index (χ1n) is 7.14. The molecule has 3 N–H and O–H groups in total. The van der Waals surface area contributed by atoms with Crippen molar-refractivity contribution in [1.82, 2.24) is 10.3 Å². The molecule has 0 bridgehead atoms. The van der Waals surface area contributed by atoms with Crippen molar-refractivity contribution in [2.45, 2.75) is 19.8 Å². The zero-order valence-corrected chi connectivity index (χ0v) is 13.3. The Kier molecular flexibility index (Phi) is 5.00. The van der Waals surface area contributed by atoms with Crippen LogP contribution in [-0.4, -0.2) is 30.6 Å². The number of nitrogens with two attached hydrogens (primary N) is 1. The predicted molar refractivity (Wildman–Crippen MR) is 82.7 cm³/mol. The fraction of sp³-hybridized carbons (Fsp3) is 0.312. The topological polar surface area (TPSA) is 104 Å². The van der Waals surface area contributed by atoms with E-state index in [-0.39, 0.29) is 18.0 Å². The van der Waals surface area contributed by atoms with Gasteiger partial charge in [0.15, 0.2) is 0 Å². The van der Waals surface area contributed by atoms with Gasteiger partial charge in [0.2, 0.25) is 0 Å². The van der Waals surface area contributed by atoms with Gasteiger partial charge in [0.05, 0.1) is 30.8 Å². The molecule has 0 amide bonds. The van der Waals surface area contributed by atoms with Crippen molar-refractivity contribution >= 4 is 11.9 Å². The average Bonchev–Trinajstić information content (AvgIpc) is 2.54. The molecule has 0 radical (unpaired) electrons. The number of allylic oxidation sites excluding steroid dienone is 1. The van der Waals surface area contributed by atoms with E-state index in [1.165, 1.54) is 7.11 Å². The molecule has 1 aliphatic rings. The molecule has 0 aromatic carbocycles. The first-order chi connectivity index (χ1) is 11.0. The van der Waals surface area contributed by atoms with Gasteiger partial charge < -0.3 is 20.5 Å². The first kappa shape index (κ1) is 16.5. The van der Waals surface area contributed by atoms with Crippen LogP contribution in [0.4, 0.5) is 0 Å². The van der Waals surface area contributed by atoms with Crippen molar-refractivity contribution in [3.8, 4) is 0 Å². The summed E-state index contributed by atoms with van der Waals surface area (Å²) in [6.07, 6.45) is 3.19. The highest BCUT2D eigenvalue weighted by molar-refractivity contribution is 5.99. The van der Waals surface area contributed by atoms with Gasteiger partial charge in [-0.2, -0.15) is 0 Å². The SMILES string of the molecule is CCOC(=O)C1=C(C)NC(N)=C(C(=O)OC)C1c1cccnc1. The number of aromatic nitrogens is 1. The summed E-state index contributed by atoms with van der Waals surface area (Å²) >= 11 is 0. The van der Waals surface area contributed by atoms with Gasteiger partial charge in [0.25, 0.3) is 0 Å². The molecule has 7 heteroatoms. The lowest BCUT2D eigenvalue weighted by molar-refractivity contribution is -0.139. The largest absolute Gasteiger partial charge is 0.466 e. The number of esters is 2. The number of nitrogens with zero attached hydrogens (tertiary/aromatic N) is 1. The Bertz CT molecular complexity index is 680. The fourth-order valence-electron chi connectivity index (χ4n) is 2.55. The van der Waals surface area contributed by atoms with E-state index < -0.39 is 17.9 Å². The van der Waals surface area contributed by atoms with Crippen molar-refractivity contribution < 1.29 is 19.1 Å². The molecule has 0 spiro atoms. The van der Waals surface area contributed by atoms with Gasteiger partial charge in [0.1, 0.15) is 5.82 Å². The second-order valence-electron chi connectivity index (χ2n) is 4.92. The number of carbonyl (C=O) groups is 2. The van der Waals surface area contributed by atoms with E-state index in [0.29, 0.717) is 16.8 Å². The monoisotopic (exact) mass is 317 g/mol. The third-order valence-corrected chi connectivity index (χ3v) is 3.51. The van der Waals surface area contributed by atoms with Crippen LogP contribution >= 0.6 is 0 Å². The predicted octanol–water partition coefficient (Wildman–Crippen LogP) is 0.949. The highest BCUT2D eigenvalue weighted by Crippen LogP contribution is 2.37. The lowest BCUT2D eigenvalue weighted by atomic mass is 9.82. The maximum atomic E-state index is 12.4. The van der Waals surface area contributed by atoms with Crippen LogP contribution in [0.2, 0.25) is 0 Å². The van der Waals surface area contributed by atoms with Crippen molar-refractivity contribution in [2.24, 2.45) is 5.73 Å². The van der Waals surface area contributed by atoms with E-state index in [0.717, 1.165) is 0 Å². The van der Waals surface area contributed by atoms with Crippen LogP contribution in [0.15, 0.2) is 47.2 Å². The lowest BCUT2D eigenvalue weighted by Crippen LogP contribution is -2.36. The zero-order valence-electron chi connectivity index (χ0n) is 13.3. The molecule has 7 nitrogen and oxygen atoms in total. The summed E-state index contributed by atoms with van der Waals surface area (Å²) < 4.78 is 9.95. The Morgan fingerprint density at radius 2 is 2.09 bits per heavy atom. The smallest absolute Gasteiger partial charge is 0.338 e. The van der Waals surface area contributed by atoms with E-state index in [4.69, 9.17) is 15.2 Å². The fourth-order valence-corrected chi connectivity index (χ4v) is 2.55. The van der Waals surface area contributed by atoms with Gasteiger partial charge in [-0.1, -0.05) is 6.07 Å². The number of hydrogen-bond donors (Lipinski definition) is 2. The quantitative estimate of drug-likeness (QED) is 0.797. The molecule has 0 saturated carbocycles. The standard InChI is InChI=1S/C16H19N3O4/c1-4-23-16(21)11-9(2)19-14(17)13(15(20)22-3)12(11)10-6-5-7-18-8-10/h5-8,12,19H,4,17H2,1-3H3. The molecular weight excluding hydrogens is 298 g/mol. The minimum absolute atomic E-state index is 0.149. The van der Waals surface area contributed by atoms with Gasteiger partial charge >= 0.3 is 11.9 Å². The van der Waals surface area contributed by atoms with E-state index in [1.807, 2.05) is 0 Å². The summed E-state index contributed by atoms with van der Waals surface area (Å²) in [4.78, 5) is 28.7. The molecule has 0 saturated heterocycles. The van der Waals surface area contributed by atoms with Crippen molar-refractivity contribution in [2.75, 3.05) is 13.7 Å². The van der Waals surface area contributed by atoms with Gasteiger partial charge in [0, 0.05) is 18.1 Å². The van der Waals surface area contributed by atoms with Gasteiger partial charge in [-0.15, -0.1) is 0 Å². The number of hydrogen-bond acceptors (Lipinski definition) is 7. The van der Waals surface area contributed by atoms with Gasteiger partial charge in [-0.3, -0.25) is 4.98 Å². The highest BCUT2D eigenvalue weighted by atomic mass is 16.5. The van der Waals surface area contributed by atoms with Crippen molar-refractivity contribution in [3.63, 3.8) is 0 Å². The summed E-state index contributed by atoms with van der Waals surface area (Å²) in [5, 5.41) is 2.85. The molecule has 0 aliphatic carbocycles. The number of carbonyl (C=O) groups excluding carboxylic acids is 2. The van der Waals surface area contributed by atoms with Crippen molar-refractivity contribution in [1.29, 1.82) is 0 Å². The van der Waals surface area contributed by atoms with E-state index >= 15 is 0 Å². The normalized spacial score (nSPS) is 17.6. The van der Waals surface area contributed by atoms with Crippen LogP contribution in [0, 0.1) is 0 Å². The van der Waals surface area contributed by atoms with Gasteiger partial charge in [-0.25, -0.2) is 9.59 Å². The number of pyridine rings is 1. The zero-order chi connectivity index (χ0) is 17.0. The molecule has 1 aromatic heterocycles. The molecule has 23 heavy (non-hydrogen) atoms. The molecule has 1 aromatic rings. The van der Waals surface area contributed by atoms with Crippen LogP contribution < -0.4 is 11.1 Å². The van der Waals surface area contributed by atoms with Crippen LogP contribution in [0.25, 0.3) is 0 Å². The Hall–Kier alpha value is -2.83. The van der Waals surface area contributed by atoms with Gasteiger partial charge in [-0.05, 0) is 25.5 Å². The number of dihydropyridines is 1. The molecule has 1 atom stereocenters. The summed E-state index contributed by atoms with van der Waals surface area (Å²) in [7, 11) is 1.26. The summed E-state index contributed by atoms with van der Waals surface area (Å²) in [5.74, 6) is -1.67. The van der Waals surface area contributed by atoms with Crippen LogP contribution in [0.1, 0.15) is 25.3 Å². The molecular formula is C16H19N3O4. The van der Waals surface area contributed by atoms with E-state index in [9.17, 15) is 9.59 Å². The van der Waals surface area contributed by atoms with E-state index in [1.54, 1.807) is 38.4 Å². The third-order valence-electron chi connectivity index (χ3n) is 3.51. The Morgan fingerprint density at radius 3 is 2.65 bits per heavy atom. The van der Waals surface area contributed by atoms with Crippen LogP contribution in [0.3, 0.4) is 0 Å². The first-order valence-corrected chi connectivity index (χ1v) is 7.14. The molecule has 2 heterocycles. The second-order valence-corrected chi connectivity index (χ2v) is 4.92. The molecule has 1 unspecified atom stereocenters. The molecule has 1 aliphatic heterocycles. The summed E-state index contributed by atoms with van der Waals surface area (Å²) in [6, 6.07) is 3.49. The number of nitrogens with one attached hydrogen (secondary N) is 1. The second kappa shape index (κ2) is 6.95. The average molecular weight is 317 g/mol. The third kappa shape index (κ3) is 3.18. The number of rotatable bonds is 4. The Morgan fingerprint density at radius 1 is 1.35 bits per heavy atom.